The lowest BCUT2D eigenvalue weighted by atomic mass is 10.2. The highest BCUT2D eigenvalue weighted by Crippen LogP contribution is 2.34. The standard InChI is InChI=1S/C22H21BrF2N6O2/c1-22(2,3)33-21(32)30-7-6-12(11-30)31-19-14(23)8-28-20(26)18(19)17(29-31)5-4-13-15(24)9-27-10-16(13)25/h8-10,12H,6-7,11H2,1-3H3,(H2,26,28)/t12-/m0/s1. The number of rotatable bonds is 1. The van der Waals surface area contributed by atoms with E-state index in [9.17, 15) is 13.6 Å². The second-order valence-electron chi connectivity index (χ2n) is 8.61. The van der Waals surface area contributed by atoms with Crippen molar-refractivity contribution >= 4 is 38.7 Å². The van der Waals surface area contributed by atoms with E-state index in [0.29, 0.717) is 34.9 Å². The van der Waals surface area contributed by atoms with E-state index in [0.717, 1.165) is 12.4 Å². The fourth-order valence-corrected chi connectivity index (χ4v) is 4.08. The van der Waals surface area contributed by atoms with E-state index in [-0.39, 0.29) is 17.6 Å². The van der Waals surface area contributed by atoms with Crippen molar-refractivity contribution in [3.8, 4) is 11.8 Å². The maximum absolute atomic E-state index is 14.0. The zero-order valence-corrected chi connectivity index (χ0v) is 19.8. The molecular formula is C22H21BrF2N6O2. The third-order valence-electron chi connectivity index (χ3n) is 5.03. The number of hydrogen-bond donors (Lipinski definition) is 1. The number of carbonyl (C=O) groups is 1. The molecule has 4 rings (SSSR count). The molecular weight excluding hydrogens is 498 g/mol. The second kappa shape index (κ2) is 8.59. The van der Waals surface area contributed by atoms with Crippen LogP contribution in [0.15, 0.2) is 23.1 Å². The molecule has 1 saturated heterocycles. The number of ether oxygens (including phenoxy) is 1. The van der Waals surface area contributed by atoms with E-state index in [4.69, 9.17) is 10.5 Å². The quantitative estimate of drug-likeness (QED) is 0.488. The van der Waals surface area contributed by atoms with Gasteiger partial charge in [0.15, 0.2) is 11.6 Å². The minimum Gasteiger partial charge on any atom is -0.444 e. The number of fused-ring (bicyclic) bond motifs is 1. The van der Waals surface area contributed by atoms with Crippen molar-refractivity contribution in [1.82, 2.24) is 24.6 Å². The summed E-state index contributed by atoms with van der Waals surface area (Å²) in [6, 6.07) is -0.178. The molecule has 1 atom stereocenters. The molecule has 172 valence electrons. The topological polar surface area (TPSA) is 99.2 Å². The first-order valence-electron chi connectivity index (χ1n) is 10.2. The molecule has 0 bridgehead atoms. The molecule has 1 fully saturated rings. The zero-order chi connectivity index (χ0) is 23.9. The van der Waals surface area contributed by atoms with Gasteiger partial charge in [0.1, 0.15) is 17.1 Å². The predicted octanol–water partition coefficient (Wildman–Crippen LogP) is 4.03. The monoisotopic (exact) mass is 518 g/mol. The number of halogens is 3. The molecule has 0 unspecified atom stereocenters. The van der Waals surface area contributed by atoms with E-state index >= 15 is 0 Å². The van der Waals surface area contributed by atoms with Crippen LogP contribution in [0.4, 0.5) is 19.4 Å². The van der Waals surface area contributed by atoms with Gasteiger partial charge in [-0.1, -0.05) is 5.92 Å². The Bertz CT molecular complexity index is 1290. The number of anilines is 1. The highest BCUT2D eigenvalue weighted by Gasteiger charge is 2.33. The highest BCUT2D eigenvalue weighted by atomic mass is 79.9. The van der Waals surface area contributed by atoms with Crippen LogP contribution in [0.2, 0.25) is 0 Å². The normalized spacial score (nSPS) is 16.1. The van der Waals surface area contributed by atoms with Gasteiger partial charge < -0.3 is 15.4 Å². The van der Waals surface area contributed by atoms with Gasteiger partial charge in [0, 0.05) is 19.3 Å². The third-order valence-corrected chi connectivity index (χ3v) is 5.61. The Kier molecular flexibility index (Phi) is 5.97. The number of carbonyl (C=O) groups excluding carboxylic acids is 1. The summed E-state index contributed by atoms with van der Waals surface area (Å²) in [5.74, 6) is 3.66. The number of nitrogens with two attached hydrogens (primary N) is 1. The Morgan fingerprint density at radius 3 is 2.61 bits per heavy atom. The Morgan fingerprint density at radius 2 is 1.94 bits per heavy atom. The smallest absolute Gasteiger partial charge is 0.410 e. The molecule has 3 aromatic rings. The lowest BCUT2D eigenvalue weighted by Crippen LogP contribution is -2.35. The van der Waals surface area contributed by atoms with Crippen LogP contribution < -0.4 is 5.73 Å². The summed E-state index contributed by atoms with van der Waals surface area (Å²) in [6.45, 7) is 6.30. The summed E-state index contributed by atoms with van der Waals surface area (Å²) in [7, 11) is 0. The Balaban J connectivity index is 1.74. The SMILES string of the molecule is CC(C)(C)OC(=O)N1CC[C@H](n2nc(C#Cc3c(F)cncc3F)c3c(N)ncc(Br)c32)C1. The van der Waals surface area contributed by atoms with Crippen LogP contribution in [-0.2, 0) is 4.74 Å². The molecule has 1 aliphatic heterocycles. The Labute approximate surface area is 197 Å². The van der Waals surface area contributed by atoms with Gasteiger partial charge in [0.05, 0.1) is 39.4 Å². The molecule has 4 heterocycles. The van der Waals surface area contributed by atoms with Gasteiger partial charge in [0.25, 0.3) is 0 Å². The van der Waals surface area contributed by atoms with Gasteiger partial charge >= 0.3 is 6.09 Å². The summed E-state index contributed by atoms with van der Waals surface area (Å²) in [6.07, 6.45) is 3.56. The molecule has 0 radical (unpaired) electrons. The molecule has 8 nitrogen and oxygen atoms in total. The molecule has 2 N–H and O–H groups in total. The first kappa shape index (κ1) is 22.9. The fraction of sp³-hybridized carbons (Fsp3) is 0.364. The van der Waals surface area contributed by atoms with Gasteiger partial charge in [-0.15, -0.1) is 0 Å². The number of pyridine rings is 2. The maximum atomic E-state index is 14.0. The molecule has 0 aliphatic carbocycles. The molecule has 0 spiro atoms. The summed E-state index contributed by atoms with van der Waals surface area (Å²) in [4.78, 5) is 21.7. The number of nitrogen functional groups attached to an aromatic ring is 1. The van der Waals surface area contributed by atoms with Crippen molar-refractivity contribution in [3.63, 3.8) is 0 Å². The van der Waals surface area contributed by atoms with Gasteiger partial charge in [-0.05, 0) is 49.0 Å². The first-order chi connectivity index (χ1) is 15.5. The number of likely N-dealkylation sites (tertiary alicyclic amines) is 1. The van der Waals surface area contributed by atoms with Crippen LogP contribution in [0.25, 0.3) is 10.9 Å². The number of nitrogens with zero attached hydrogens (tertiary/aromatic N) is 5. The van der Waals surface area contributed by atoms with Crippen molar-refractivity contribution in [2.75, 3.05) is 18.8 Å². The van der Waals surface area contributed by atoms with Crippen molar-refractivity contribution < 1.29 is 18.3 Å². The lowest BCUT2D eigenvalue weighted by molar-refractivity contribution is 0.0288. The van der Waals surface area contributed by atoms with Crippen LogP contribution in [-0.4, -0.2) is 49.4 Å². The second-order valence-corrected chi connectivity index (χ2v) is 9.46. The highest BCUT2D eigenvalue weighted by molar-refractivity contribution is 9.10. The van der Waals surface area contributed by atoms with Gasteiger partial charge in [-0.25, -0.2) is 18.6 Å². The van der Waals surface area contributed by atoms with Crippen molar-refractivity contribution in [3.05, 3.63) is 46.0 Å². The minimum atomic E-state index is -0.873. The molecule has 1 aliphatic rings. The Morgan fingerprint density at radius 1 is 1.24 bits per heavy atom. The van der Waals surface area contributed by atoms with Gasteiger partial charge in [-0.3, -0.25) is 9.67 Å². The Hall–Kier alpha value is -3.26. The average molecular weight is 519 g/mol. The van der Waals surface area contributed by atoms with Crippen molar-refractivity contribution in [1.29, 1.82) is 0 Å². The van der Waals surface area contributed by atoms with E-state index < -0.39 is 28.9 Å². The first-order valence-corrected chi connectivity index (χ1v) is 11.0. The lowest BCUT2D eigenvalue weighted by Gasteiger charge is -2.24. The van der Waals surface area contributed by atoms with Gasteiger partial charge in [-0.2, -0.15) is 5.10 Å². The van der Waals surface area contributed by atoms with E-state index in [1.54, 1.807) is 15.8 Å². The molecule has 33 heavy (non-hydrogen) atoms. The maximum Gasteiger partial charge on any atom is 0.410 e. The minimum absolute atomic E-state index is 0.178. The molecule has 1 amide bonds. The molecule has 11 heteroatoms. The number of aromatic nitrogens is 4. The fourth-order valence-electron chi connectivity index (χ4n) is 3.60. The van der Waals surface area contributed by atoms with Crippen LogP contribution in [0.3, 0.4) is 0 Å². The van der Waals surface area contributed by atoms with Crippen LogP contribution >= 0.6 is 15.9 Å². The molecule has 0 saturated carbocycles. The summed E-state index contributed by atoms with van der Waals surface area (Å²) < 4.78 is 35.8. The zero-order valence-electron chi connectivity index (χ0n) is 18.2. The van der Waals surface area contributed by atoms with Crippen LogP contribution in [0.1, 0.15) is 44.5 Å². The van der Waals surface area contributed by atoms with Crippen LogP contribution in [0.5, 0.6) is 0 Å². The molecule has 3 aromatic heterocycles. The summed E-state index contributed by atoms with van der Waals surface area (Å²) >= 11 is 3.48. The number of amides is 1. The number of hydrogen-bond acceptors (Lipinski definition) is 6. The average Bonchev–Trinajstić information content (AvgIpc) is 3.35. The van der Waals surface area contributed by atoms with Gasteiger partial charge in [0.2, 0.25) is 0 Å². The summed E-state index contributed by atoms with van der Waals surface area (Å²) in [5.41, 5.74) is 5.97. The van der Waals surface area contributed by atoms with Crippen LogP contribution in [0, 0.1) is 23.5 Å². The summed E-state index contributed by atoms with van der Waals surface area (Å²) in [5, 5.41) is 5.05. The predicted molar refractivity (Wildman–Crippen MR) is 121 cm³/mol. The molecule has 0 aromatic carbocycles. The largest absolute Gasteiger partial charge is 0.444 e. The van der Waals surface area contributed by atoms with Crippen molar-refractivity contribution in [2.45, 2.75) is 38.8 Å². The third kappa shape index (κ3) is 4.61. The van der Waals surface area contributed by atoms with E-state index in [2.05, 4.69) is 42.8 Å². The van der Waals surface area contributed by atoms with E-state index in [1.165, 1.54) is 0 Å². The van der Waals surface area contributed by atoms with Crippen molar-refractivity contribution in [2.24, 2.45) is 0 Å². The van der Waals surface area contributed by atoms with E-state index in [1.807, 2.05) is 20.8 Å².